The van der Waals surface area contributed by atoms with Crippen LogP contribution in [0.1, 0.15) is 12.8 Å². The maximum atomic E-state index is 14.6. The van der Waals surface area contributed by atoms with Crippen LogP contribution < -0.4 is 4.31 Å². The van der Waals surface area contributed by atoms with Crippen molar-refractivity contribution in [3.63, 3.8) is 0 Å². The number of amides is 1. The molecule has 0 spiro atoms. The molecule has 0 bridgehead atoms. The van der Waals surface area contributed by atoms with Gasteiger partial charge in [0.25, 0.3) is 10.0 Å². The fourth-order valence-electron chi connectivity index (χ4n) is 3.46. The van der Waals surface area contributed by atoms with Crippen LogP contribution in [-0.2, 0) is 19.6 Å². The molecule has 1 heterocycles. The highest BCUT2D eigenvalue weighted by atomic mass is 35.5. The number of rotatable bonds is 6. The molecule has 0 aliphatic carbocycles. The van der Waals surface area contributed by atoms with Crippen LogP contribution in [0, 0.1) is 11.6 Å². The molecule has 2 aromatic carbocycles. The van der Waals surface area contributed by atoms with Crippen LogP contribution in [-0.4, -0.2) is 52.1 Å². The SMILES string of the molecule is COCC(=O)N1CCC(N(c2cc(F)ccc2F)S(=O)(=O)c2ccc(Cl)cc2)CC1. The second kappa shape index (κ2) is 9.28. The summed E-state index contributed by atoms with van der Waals surface area (Å²) < 4.78 is 61.1. The molecule has 2 aromatic rings. The third-order valence-corrected chi connectivity index (χ3v) is 7.07. The number of anilines is 1. The van der Waals surface area contributed by atoms with Crippen LogP contribution in [0.15, 0.2) is 47.4 Å². The molecule has 0 unspecified atom stereocenters. The second-order valence-electron chi connectivity index (χ2n) is 6.90. The van der Waals surface area contributed by atoms with E-state index in [9.17, 15) is 22.0 Å². The van der Waals surface area contributed by atoms with Gasteiger partial charge in [-0.1, -0.05) is 11.6 Å². The van der Waals surface area contributed by atoms with E-state index in [0.717, 1.165) is 22.5 Å². The Balaban J connectivity index is 1.98. The van der Waals surface area contributed by atoms with Crippen molar-refractivity contribution in [1.29, 1.82) is 0 Å². The zero-order chi connectivity index (χ0) is 21.9. The summed E-state index contributed by atoms with van der Waals surface area (Å²) >= 11 is 5.86. The van der Waals surface area contributed by atoms with Crippen molar-refractivity contribution in [2.75, 3.05) is 31.1 Å². The second-order valence-corrected chi connectivity index (χ2v) is 9.15. The van der Waals surface area contributed by atoms with Gasteiger partial charge in [0.15, 0.2) is 0 Å². The summed E-state index contributed by atoms with van der Waals surface area (Å²) in [6.45, 7) is 0.475. The molecule has 0 N–H and O–H groups in total. The molecule has 3 rings (SSSR count). The number of benzene rings is 2. The summed E-state index contributed by atoms with van der Waals surface area (Å²) in [5.74, 6) is -1.82. The zero-order valence-corrected chi connectivity index (χ0v) is 17.8. The Morgan fingerprint density at radius 2 is 1.80 bits per heavy atom. The summed E-state index contributed by atoms with van der Waals surface area (Å²) in [6, 6.07) is 7.50. The number of halogens is 3. The minimum absolute atomic E-state index is 0.0734. The summed E-state index contributed by atoms with van der Waals surface area (Å²) in [7, 11) is -2.80. The molecule has 1 aliphatic heterocycles. The number of nitrogens with zero attached hydrogens (tertiary/aromatic N) is 2. The average molecular weight is 459 g/mol. The number of methoxy groups -OCH3 is 1. The molecule has 1 amide bonds. The van der Waals surface area contributed by atoms with Gasteiger partial charge in [0.2, 0.25) is 5.91 Å². The highest BCUT2D eigenvalue weighted by Gasteiger charge is 2.36. The van der Waals surface area contributed by atoms with Crippen LogP contribution in [0.5, 0.6) is 0 Å². The van der Waals surface area contributed by atoms with Gasteiger partial charge in [-0.05, 0) is 49.2 Å². The number of piperidine rings is 1. The lowest BCUT2D eigenvalue weighted by Gasteiger charge is -2.39. The maximum absolute atomic E-state index is 14.6. The van der Waals surface area contributed by atoms with Gasteiger partial charge in [-0.2, -0.15) is 0 Å². The minimum Gasteiger partial charge on any atom is -0.375 e. The predicted octanol–water partition coefficient (Wildman–Crippen LogP) is 3.45. The number of carbonyl (C=O) groups excluding carboxylic acids is 1. The van der Waals surface area contributed by atoms with Crippen LogP contribution in [0.4, 0.5) is 14.5 Å². The van der Waals surface area contributed by atoms with E-state index < -0.39 is 27.7 Å². The first-order chi connectivity index (χ1) is 14.2. The Morgan fingerprint density at radius 1 is 1.17 bits per heavy atom. The van der Waals surface area contributed by atoms with Crippen LogP contribution in [0.25, 0.3) is 0 Å². The Morgan fingerprint density at radius 3 is 2.40 bits per heavy atom. The normalized spacial score (nSPS) is 15.3. The molecule has 10 heteroatoms. The molecule has 162 valence electrons. The topological polar surface area (TPSA) is 66.9 Å². The van der Waals surface area contributed by atoms with E-state index in [4.69, 9.17) is 16.3 Å². The van der Waals surface area contributed by atoms with Crippen molar-refractivity contribution in [3.8, 4) is 0 Å². The van der Waals surface area contributed by atoms with E-state index in [1.54, 1.807) is 4.90 Å². The van der Waals surface area contributed by atoms with Gasteiger partial charge in [-0.15, -0.1) is 0 Å². The zero-order valence-electron chi connectivity index (χ0n) is 16.2. The molecule has 0 atom stereocenters. The van der Waals surface area contributed by atoms with Crippen molar-refractivity contribution in [2.45, 2.75) is 23.8 Å². The third kappa shape index (κ3) is 4.74. The fourth-order valence-corrected chi connectivity index (χ4v) is 5.30. The van der Waals surface area contributed by atoms with Gasteiger partial charge in [0.05, 0.1) is 10.6 Å². The van der Waals surface area contributed by atoms with E-state index in [1.807, 2.05) is 0 Å². The first-order valence-corrected chi connectivity index (χ1v) is 11.1. The summed E-state index contributed by atoms with van der Waals surface area (Å²) in [5.41, 5.74) is -0.369. The van der Waals surface area contributed by atoms with Crippen LogP contribution in [0.2, 0.25) is 5.02 Å². The summed E-state index contributed by atoms with van der Waals surface area (Å²) in [6.07, 6.45) is 0.524. The van der Waals surface area contributed by atoms with E-state index in [-0.39, 0.29) is 49.0 Å². The van der Waals surface area contributed by atoms with Crippen LogP contribution >= 0.6 is 11.6 Å². The lowest BCUT2D eigenvalue weighted by Crippen LogP contribution is -2.49. The van der Waals surface area contributed by atoms with Crippen molar-refractivity contribution in [3.05, 3.63) is 59.1 Å². The van der Waals surface area contributed by atoms with E-state index in [2.05, 4.69) is 0 Å². The third-order valence-electron chi connectivity index (χ3n) is 4.93. The van der Waals surface area contributed by atoms with Gasteiger partial charge in [0, 0.05) is 37.3 Å². The maximum Gasteiger partial charge on any atom is 0.264 e. The molecule has 30 heavy (non-hydrogen) atoms. The Labute approximate surface area is 179 Å². The van der Waals surface area contributed by atoms with E-state index >= 15 is 0 Å². The number of likely N-dealkylation sites (tertiary alicyclic amines) is 1. The summed E-state index contributed by atoms with van der Waals surface area (Å²) in [5, 5.41) is 0.349. The average Bonchev–Trinajstić information content (AvgIpc) is 2.71. The van der Waals surface area contributed by atoms with Crippen molar-refractivity contribution in [2.24, 2.45) is 0 Å². The Bertz CT molecular complexity index is 1010. The molecule has 0 radical (unpaired) electrons. The fraction of sp³-hybridized carbons (Fsp3) is 0.350. The molecule has 1 aliphatic rings. The minimum atomic E-state index is -4.22. The van der Waals surface area contributed by atoms with Gasteiger partial charge >= 0.3 is 0 Å². The Kier molecular flexibility index (Phi) is 6.95. The molecule has 0 aromatic heterocycles. The standard InChI is InChI=1S/C20H21ClF2N2O4S/c1-29-13-20(26)24-10-8-16(9-11-24)25(19-12-15(22)4-7-18(19)23)30(27,28)17-5-2-14(21)3-6-17/h2-7,12,16H,8-11,13H2,1H3. The quantitative estimate of drug-likeness (QED) is 0.665. The molecular weight excluding hydrogens is 438 g/mol. The molecule has 6 nitrogen and oxygen atoms in total. The number of sulfonamides is 1. The first-order valence-electron chi connectivity index (χ1n) is 9.26. The van der Waals surface area contributed by atoms with Gasteiger partial charge < -0.3 is 9.64 Å². The molecular formula is C20H21ClF2N2O4S. The number of hydrogen-bond donors (Lipinski definition) is 0. The van der Waals surface area contributed by atoms with Gasteiger partial charge in [0.1, 0.15) is 18.2 Å². The van der Waals surface area contributed by atoms with Gasteiger partial charge in [-0.25, -0.2) is 17.2 Å². The molecule has 0 saturated carbocycles. The van der Waals surface area contributed by atoms with Crippen LogP contribution in [0.3, 0.4) is 0 Å². The number of hydrogen-bond acceptors (Lipinski definition) is 4. The van der Waals surface area contributed by atoms with E-state index in [0.29, 0.717) is 5.02 Å². The monoisotopic (exact) mass is 458 g/mol. The van der Waals surface area contributed by atoms with Crippen molar-refractivity contribution in [1.82, 2.24) is 4.90 Å². The smallest absolute Gasteiger partial charge is 0.264 e. The highest BCUT2D eigenvalue weighted by molar-refractivity contribution is 7.92. The lowest BCUT2D eigenvalue weighted by molar-refractivity contribution is -0.136. The van der Waals surface area contributed by atoms with Crippen molar-refractivity contribution < 1.29 is 26.7 Å². The largest absolute Gasteiger partial charge is 0.375 e. The Hall–Kier alpha value is -2.23. The number of carbonyl (C=O) groups is 1. The van der Waals surface area contributed by atoms with Crippen molar-refractivity contribution >= 4 is 33.2 Å². The van der Waals surface area contributed by atoms with E-state index in [1.165, 1.54) is 31.4 Å². The predicted molar refractivity (Wildman–Crippen MR) is 109 cm³/mol. The summed E-state index contributed by atoms with van der Waals surface area (Å²) in [4.78, 5) is 13.5. The molecule has 1 saturated heterocycles. The highest BCUT2D eigenvalue weighted by Crippen LogP contribution is 2.33. The van der Waals surface area contributed by atoms with Gasteiger partial charge in [-0.3, -0.25) is 9.10 Å². The lowest BCUT2D eigenvalue weighted by atomic mass is 10.0. The number of ether oxygens (including phenoxy) is 1. The molecule has 1 fully saturated rings. The first kappa shape index (κ1) is 22.5.